The maximum absolute atomic E-state index is 11.4. The Hall–Kier alpha value is -0.370. The molecule has 0 aromatic rings. The van der Waals surface area contributed by atoms with Crippen LogP contribution in [0.2, 0.25) is 0 Å². The molecule has 1 saturated heterocycles. The van der Waals surface area contributed by atoms with Crippen LogP contribution in [-0.4, -0.2) is 18.4 Å². The quantitative estimate of drug-likeness (QED) is 0.566. The molecule has 0 aliphatic carbocycles. The van der Waals surface area contributed by atoms with Crippen LogP contribution >= 0.6 is 0 Å². The molecule has 70 valence electrons. The number of carbonyl (C=O) groups is 1. The minimum Gasteiger partial charge on any atom is -0.338 e. The zero-order chi connectivity index (χ0) is 9.35. The molecule has 2 nitrogen and oxygen atoms in total. The average molecular weight is 170 g/mol. The highest BCUT2D eigenvalue weighted by atomic mass is 16.1. The van der Waals surface area contributed by atoms with E-state index in [2.05, 4.69) is 26.1 Å². The van der Waals surface area contributed by atoms with E-state index in [1.165, 1.54) is 0 Å². The zero-order valence-corrected chi connectivity index (χ0v) is 8.55. The number of piperidine rings is 1. The maximum Gasteiger partial charge on any atom is 0.190 e. The number of quaternary nitrogens is 1. The molecule has 1 heterocycles. The standard InChI is InChI=1S/C10H19NO/c1-7-9(12)5-8(6-11-7)10(2,3)4/h7-8,11H,5-6H2,1-4H3/p+1/t7-,8-/m1/s1. The first-order chi connectivity index (χ1) is 5.41. The van der Waals surface area contributed by atoms with Gasteiger partial charge in [0, 0.05) is 12.3 Å². The molecule has 0 unspecified atom stereocenters. The fraction of sp³-hybridized carbons (Fsp3) is 0.900. The maximum atomic E-state index is 11.4. The second kappa shape index (κ2) is 3.17. The molecule has 0 spiro atoms. The molecule has 0 saturated carbocycles. The topological polar surface area (TPSA) is 33.7 Å². The summed E-state index contributed by atoms with van der Waals surface area (Å²) in [5.41, 5.74) is 0.284. The summed E-state index contributed by atoms with van der Waals surface area (Å²) in [7, 11) is 0. The summed E-state index contributed by atoms with van der Waals surface area (Å²) >= 11 is 0. The van der Waals surface area contributed by atoms with Gasteiger partial charge >= 0.3 is 0 Å². The van der Waals surface area contributed by atoms with E-state index in [0.717, 1.165) is 13.0 Å². The highest BCUT2D eigenvalue weighted by Gasteiger charge is 2.35. The predicted molar refractivity (Wildman–Crippen MR) is 48.8 cm³/mol. The minimum absolute atomic E-state index is 0.198. The van der Waals surface area contributed by atoms with E-state index in [1.54, 1.807) is 0 Å². The Labute approximate surface area is 74.7 Å². The molecule has 12 heavy (non-hydrogen) atoms. The van der Waals surface area contributed by atoms with Crippen LogP contribution in [0.4, 0.5) is 0 Å². The highest BCUT2D eigenvalue weighted by Crippen LogP contribution is 2.28. The number of Topliss-reactive ketones (excluding diaryl/α,β-unsaturated/α-hetero) is 1. The van der Waals surface area contributed by atoms with Crippen LogP contribution in [0.25, 0.3) is 0 Å². The molecule has 0 bridgehead atoms. The largest absolute Gasteiger partial charge is 0.338 e. The lowest BCUT2D eigenvalue weighted by molar-refractivity contribution is -0.685. The lowest BCUT2D eigenvalue weighted by Crippen LogP contribution is -2.94. The summed E-state index contributed by atoms with van der Waals surface area (Å²) in [6.07, 6.45) is 0.779. The van der Waals surface area contributed by atoms with E-state index in [4.69, 9.17) is 0 Å². The van der Waals surface area contributed by atoms with Gasteiger partial charge in [0.2, 0.25) is 0 Å². The first kappa shape index (κ1) is 9.72. The number of ketones is 1. The Morgan fingerprint density at radius 1 is 1.42 bits per heavy atom. The van der Waals surface area contributed by atoms with Crippen molar-refractivity contribution in [1.82, 2.24) is 0 Å². The number of carbonyl (C=O) groups excluding carboxylic acids is 1. The van der Waals surface area contributed by atoms with Gasteiger partial charge in [0.15, 0.2) is 5.78 Å². The van der Waals surface area contributed by atoms with Gasteiger partial charge in [-0.1, -0.05) is 20.8 Å². The van der Waals surface area contributed by atoms with Gasteiger partial charge < -0.3 is 5.32 Å². The van der Waals surface area contributed by atoms with Crippen molar-refractivity contribution >= 4 is 5.78 Å². The third-order valence-electron chi connectivity index (χ3n) is 2.95. The molecule has 2 N–H and O–H groups in total. The second-order valence-electron chi connectivity index (χ2n) is 4.99. The van der Waals surface area contributed by atoms with Crippen LogP contribution in [0.5, 0.6) is 0 Å². The van der Waals surface area contributed by atoms with Gasteiger partial charge in [0.05, 0.1) is 6.54 Å². The summed E-state index contributed by atoms with van der Waals surface area (Å²) in [5, 5.41) is 2.17. The Bertz CT molecular complexity index is 181. The molecule has 0 radical (unpaired) electrons. The smallest absolute Gasteiger partial charge is 0.190 e. The third-order valence-corrected chi connectivity index (χ3v) is 2.95. The van der Waals surface area contributed by atoms with Crippen LogP contribution in [0.15, 0.2) is 0 Å². The number of hydrogen-bond acceptors (Lipinski definition) is 1. The van der Waals surface area contributed by atoms with Crippen molar-refractivity contribution in [2.75, 3.05) is 6.54 Å². The molecule has 0 amide bonds. The normalized spacial score (nSPS) is 32.2. The molecule has 1 aliphatic heterocycles. The van der Waals surface area contributed by atoms with Crippen LogP contribution in [0, 0.1) is 11.3 Å². The van der Waals surface area contributed by atoms with Crippen molar-refractivity contribution in [3.8, 4) is 0 Å². The van der Waals surface area contributed by atoms with E-state index >= 15 is 0 Å². The zero-order valence-electron chi connectivity index (χ0n) is 8.55. The minimum atomic E-state index is 0.198. The monoisotopic (exact) mass is 170 g/mol. The summed E-state index contributed by atoms with van der Waals surface area (Å²) in [6, 6.07) is 0.198. The Kier molecular flexibility index (Phi) is 2.57. The fourth-order valence-electron chi connectivity index (χ4n) is 1.67. The lowest BCUT2D eigenvalue weighted by Gasteiger charge is -2.33. The molecule has 0 aromatic heterocycles. The van der Waals surface area contributed by atoms with Gasteiger partial charge in [-0.05, 0) is 12.3 Å². The van der Waals surface area contributed by atoms with Gasteiger partial charge in [-0.25, -0.2) is 0 Å². The van der Waals surface area contributed by atoms with Crippen LogP contribution in [-0.2, 0) is 4.79 Å². The molecule has 1 rings (SSSR count). The Balaban J connectivity index is 2.57. The van der Waals surface area contributed by atoms with Crippen LogP contribution < -0.4 is 5.32 Å². The van der Waals surface area contributed by atoms with Crippen molar-refractivity contribution in [3.05, 3.63) is 0 Å². The average Bonchev–Trinajstić information content (AvgIpc) is 1.92. The predicted octanol–water partition coefficient (Wildman–Crippen LogP) is 0.573. The van der Waals surface area contributed by atoms with Gasteiger partial charge in [-0.2, -0.15) is 0 Å². The summed E-state index contributed by atoms with van der Waals surface area (Å²) < 4.78 is 0. The van der Waals surface area contributed by atoms with E-state index in [1.807, 2.05) is 6.92 Å². The summed E-state index contributed by atoms with van der Waals surface area (Å²) in [5.74, 6) is 0.974. The van der Waals surface area contributed by atoms with Crippen LogP contribution in [0.3, 0.4) is 0 Å². The third kappa shape index (κ3) is 2.07. The van der Waals surface area contributed by atoms with Crippen LogP contribution in [0.1, 0.15) is 34.1 Å². The second-order valence-corrected chi connectivity index (χ2v) is 4.99. The van der Waals surface area contributed by atoms with Gasteiger partial charge in [0.25, 0.3) is 0 Å². The van der Waals surface area contributed by atoms with E-state index < -0.39 is 0 Å². The molecule has 2 heteroatoms. The summed E-state index contributed by atoms with van der Waals surface area (Å²) in [4.78, 5) is 11.4. The van der Waals surface area contributed by atoms with E-state index in [-0.39, 0.29) is 11.5 Å². The lowest BCUT2D eigenvalue weighted by atomic mass is 9.75. The molecular weight excluding hydrogens is 150 g/mol. The molecule has 1 aliphatic rings. The number of hydrogen-bond donors (Lipinski definition) is 1. The van der Waals surface area contributed by atoms with Crippen molar-refractivity contribution < 1.29 is 10.1 Å². The molecule has 0 aromatic carbocycles. The fourth-order valence-corrected chi connectivity index (χ4v) is 1.67. The van der Waals surface area contributed by atoms with E-state index in [9.17, 15) is 4.79 Å². The first-order valence-corrected chi connectivity index (χ1v) is 4.77. The van der Waals surface area contributed by atoms with Gasteiger partial charge in [-0.15, -0.1) is 0 Å². The molecule has 1 fully saturated rings. The number of rotatable bonds is 0. The van der Waals surface area contributed by atoms with Gasteiger partial charge in [-0.3, -0.25) is 4.79 Å². The van der Waals surface area contributed by atoms with Crippen molar-refractivity contribution in [2.24, 2.45) is 11.3 Å². The number of nitrogens with two attached hydrogens (primary N) is 1. The molecule has 2 atom stereocenters. The Morgan fingerprint density at radius 2 is 2.00 bits per heavy atom. The van der Waals surface area contributed by atoms with Crippen molar-refractivity contribution in [2.45, 2.75) is 40.2 Å². The van der Waals surface area contributed by atoms with Gasteiger partial charge in [0.1, 0.15) is 6.04 Å². The van der Waals surface area contributed by atoms with Crippen molar-refractivity contribution in [1.29, 1.82) is 0 Å². The highest BCUT2D eigenvalue weighted by molar-refractivity contribution is 5.82. The SMILES string of the molecule is C[C@H]1[NH2+]C[C@H](C(C)(C)C)CC1=O. The van der Waals surface area contributed by atoms with E-state index in [0.29, 0.717) is 11.7 Å². The first-order valence-electron chi connectivity index (χ1n) is 4.77. The Morgan fingerprint density at radius 3 is 2.42 bits per heavy atom. The van der Waals surface area contributed by atoms with Crippen molar-refractivity contribution in [3.63, 3.8) is 0 Å². The summed E-state index contributed by atoms with van der Waals surface area (Å²) in [6.45, 7) is 9.76. The molecular formula is C10H20NO+.